The van der Waals surface area contributed by atoms with Gasteiger partial charge in [0, 0.05) is 30.3 Å². The quantitative estimate of drug-likeness (QED) is 0.658. The molecule has 0 bridgehead atoms. The van der Waals surface area contributed by atoms with E-state index in [1.165, 1.54) is 11.8 Å². The lowest BCUT2D eigenvalue weighted by Crippen LogP contribution is -2.32. The Labute approximate surface area is 148 Å². The lowest BCUT2D eigenvalue weighted by atomic mass is 10.2. The second-order valence-corrected chi connectivity index (χ2v) is 6.78. The van der Waals surface area contributed by atoms with Crippen molar-refractivity contribution in [2.24, 2.45) is 0 Å². The van der Waals surface area contributed by atoms with E-state index >= 15 is 0 Å². The van der Waals surface area contributed by atoms with Gasteiger partial charge in [0.1, 0.15) is 0 Å². The number of para-hydroxylation sites is 1. The molecular weight excluding hydrogens is 340 g/mol. The first kappa shape index (κ1) is 16.2. The third kappa shape index (κ3) is 3.69. The number of nitrogens with zero attached hydrogens (tertiary/aromatic N) is 2. The second-order valence-electron chi connectivity index (χ2n) is 5.85. The average molecular weight is 358 g/mol. The molecule has 1 aromatic carbocycles. The molecule has 1 saturated heterocycles. The van der Waals surface area contributed by atoms with Crippen LogP contribution in [0.5, 0.6) is 0 Å². The topological polar surface area (TPSA) is 93.0 Å². The molecule has 1 atom stereocenters. The van der Waals surface area contributed by atoms with E-state index in [4.69, 9.17) is 9.15 Å². The van der Waals surface area contributed by atoms with Crippen LogP contribution in [-0.4, -0.2) is 46.1 Å². The molecular formula is C17H18N4O3S. The van der Waals surface area contributed by atoms with E-state index in [-0.39, 0.29) is 17.8 Å². The molecule has 0 spiro atoms. The molecule has 130 valence electrons. The number of nitrogens with one attached hydrogen (secondary N) is 2. The van der Waals surface area contributed by atoms with Crippen molar-refractivity contribution in [2.45, 2.75) is 24.2 Å². The van der Waals surface area contributed by atoms with Gasteiger partial charge in [-0.15, -0.1) is 10.2 Å². The number of amides is 1. The molecule has 2 N–H and O–H groups in total. The Morgan fingerprint density at radius 1 is 1.36 bits per heavy atom. The summed E-state index contributed by atoms with van der Waals surface area (Å²) in [6.45, 7) is 1.34. The van der Waals surface area contributed by atoms with E-state index in [0.29, 0.717) is 17.7 Å². The van der Waals surface area contributed by atoms with Gasteiger partial charge < -0.3 is 19.5 Å². The summed E-state index contributed by atoms with van der Waals surface area (Å²) < 4.78 is 11.2. The molecule has 3 heterocycles. The van der Waals surface area contributed by atoms with Gasteiger partial charge in [-0.25, -0.2) is 0 Å². The Bertz CT molecular complexity index is 870. The van der Waals surface area contributed by atoms with Crippen LogP contribution in [0.4, 0.5) is 0 Å². The minimum atomic E-state index is -0.0626. The van der Waals surface area contributed by atoms with Gasteiger partial charge in [0.25, 0.3) is 11.1 Å². The molecule has 1 unspecified atom stereocenters. The zero-order chi connectivity index (χ0) is 17.1. The van der Waals surface area contributed by atoms with E-state index in [1.54, 1.807) is 0 Å². The smallest absolute Gasteiger partial charge is 0.277 e. The van der Waals surface area contributed by atoms with E-state index in [1.807, 2.05) is 30.5 Å². The number of fused-ring (bicyclic) bond motifs is 1. The van der Waals surface area contributed by atoms with Crippen molar-refractivity contribution >= 4 is 28.6 Å². The highest BCUT2D eigenvalue weighted by Gasteiger charge is 2.17. The molecule has 1 fully saturated rings. The molecule has 7 nitrogen and oxygen atoms in total. The van der Waals surface area contributed by atoms with Crippen LogP contribution in [0.25, 0.3) is 22.4 Å². The van der Waals surface area contributed by atoms with Crippen LogP contribution in [0.2, 0.25) is 0 Å². The van der Waals surface area contributed by atoms with Crippen molar-refractivity contribution in [2.75, 3.05) is 18.9 Å². The fourth-order valence-electron chi connectivity index (χ4n) is 2.84. The van der Waals surface area contributed by atoms with Crippen molar-refractivity contribution in [3.8, 4) is 11.5 Å². The first-order chi connectivity index (χ1) is 12.3. The normalized spacial score (nSPS) is 17.2. The second kappa shape index (κ2) is 7.28. The number of benzene rings is 1. The summed E-state index contributed by atoms with van der Waals surface area (Å²) >= 11 is 1.23. The number of carbonyl (C=O) groups excluding carboxylic acids is 1. The summed E-state index contributed by atoms with van der Waals surface area (Å²) in [4.78, 5) is 15.1. The Morgan fingerprint density at radius 2 is 2.28 bits per heavy atom. The Kier molecular flexibility index (Phi) is 4.71. The van der Waals surface area contributed by atoms with Gasteiger partial charge in [0.15, 0.2) is 0 Å². The number of hydrogen-bond acceptors (Lipinski definition) is 6. The average Bonchev–Trinajstić information content (AvgIpc) is 3.37. The Hall–Kier alpha value is -2.32. The molecule has 8 heteroatoms. The minimum Gasteiger partial charge on any atom is -0.411 e. The van der Waals surface area contributed by atoms with Crippen LogP contribution in [0, 0.1) is 0 Å². The number of H-pyrrole nitrogens is 1. The van der Waals surface area contributed by atoms with Crippen LogP contribution in [0.3, 0.4) is 0 Å². The zero-order valence-electron chi connectivity index (χ0n) is 13.5. The maximum atomic E-state index is 11.9. The van der Waals surface area contributed by atoms with E-state index in [9.17, 15) is 4.79 Å². The highest BCUT2D eigenvalue weighted by atomic mass is 32.2. The first-order valence-corrected chi connectivity index (χ1v) is 9.19. The molecule has 0 saturated carbocycles. The SMILES string of the molecule is O=C(CSc1nnc(-c2c[nH]c3ccccc23)o1)NCC1CCCO1. The summed E-state index contributed by atoms with van der Waals surface area (Å²) in [6.07, 6.45) is 4.06. The predicted octanol–water partition coefficient (Wildman–Crippen LogP) is 2.61. The van der Waals surface area contributed by atoms with E-state index in [2.05, 4.69) is 20.5 Å². The summed E-state index contributed by atoms with van der Waals surface area (Å²) in [6, 6.07) is 7.91. The monoisotopic (exact) mass is 358 g/mol. The molecule has 4 rings (SSSR count). The number of aromatic nitrogens is 3. The van der Waals surface area contributed by atoms with Crippen molar-refractivity contribution in [3.63, 3.8) is 0 Å². The van der Waals surface area contributed by atoms with E-state index in [0.717, 1.165) is 35.9 Å². The van der Waals surface area contributed by atoms with Crippen LogP contribution in [0.1, 0.15) is 12.8 Å². The van der Waals surface area contributed by atoms with Gasteiger partial charge in [-0.2, -0.15) is 0 Å². The van der Waals surface area contributed by atoms with Gasteiger partial charge in [-0.05, 0) is 18.9 Å². The third-order valence-electron chi connectivity index (χ3n) is 4.10. The van der Waals surface area contributed by atoms with Gasteiger partial charge in [-0.3, -0.25) is 4.79 Å². The summed E-state index contributed by atoms with van der Waals surface area (Å²) in [7, 11) is 0. The lowest BCUT2D eigenvalue weighted by Gasteiger charge is -2.09. The minimum absolute atomic E-state index is 0.0626. The largest absolute Gasteiger partial charge is 0.411 e. The first-order valence-electron chi connectivity index (χ1n) is 8.21. The molecule has 1 amide bonds. The molecule has 1 aliphatic rings. The summed E-state index contributed by atoms with van der Waals surface area (Å²) in [5, 5.41) is 12.4. The molecule has 3 aromatic rings. The van der Waals surface area contributed by atoms with Gasteiger partial charge in [0.05, 0.1) is 17.4 Å². The van der Waals surface area contributed by atoms with E-state index < -0.39 is 0 Å². The number of ether oxygens (including phenoxy) is 1. The number of aromatic amines is 1. The highest BCUT2D eigenvalue weighted by molar-refractivity contribution is 7.99. The Morgan fingerprint density at radius 3 is 3.16 bits per heavy atom. The standard InChI is InChI=1S/C17H18N4O3S/c22-15(19-8-11-4-3-7-23-11)10-25-17-21-20-16(24-17)13-9-18-14-6-2-1-5-12(13)14/h1-2,5-6,9,11,18H,3-4,7-8,10H2,(H,19,22). The molecule has 1 aliphatic heterocycles. The van der Waals surface area contributed by atoms with Gasteiger partial charge >= 0.3 is 0 Å². The maximum Gasteiger partial charge on any atom is 0.277 e. The van der Waals surface area contributed by atoms with Crippen molar-refractivity contribution in [1.29, 1.82) is 0 Å². The number of hydrogen-bond donors (Lipinski definition) is 2. The molecule has 0 radical (unpaired) electrons. The number of carbonyl (C=O) groups is 1. The van der Waals surface area contributed by atoms with Crippen molar-refractivity contribution < 1.29 is 13.9 Å². The number of rotatable bonds is 6. The Balaban J connectivity index is 1.34. The van der Waals surface area contributed by atoms with Gasteiger partial charge in [-0.1, -0.05) is 30.0 Å². The fraction of sp³-hybridized carbons (Fsp3) is 0.353. The maximum absolute atomic E-state index is 11.9. The van der Waals surface area contributed by atoms with Crippen LogP contribution >= 0.6 is 11.8 Å². The fourth-order valence-corrected chi connectivity index (χ4v) is 3.43. The predicted molar refractivity (Wildman–Crippen MR) is 94.3 cm³/mol. The summed E-state index contributed by atoms with van der Waals surface area (Å²) in [5.74, 6) is 0.620. The van der Waals surface area contributed by atoms with Gasteiger partial charge in [0.2, 0.25) is 5.91 Å². The van der Waals surface area contributed by atoms with Crippen molar-refractivity contribution in [3.05, 3.63) is 30.5 Å². The highest BCUT2D eigenvalue weighted by Crippen LogP contribution is 2.29. The summed E-state index contributed by atoms with van der Waals surface area (Å²) in [5.41, 5.74) is 1.87. The third-order valence-corrected chi connectivity index (χ3v) is 4.92. The molecule has 25 heavy (non-hydrogen) atoms. The molecule has 2 aromatic heterocycles. The van der Waals surface area contributed by atoms with Crippen LogP contribution in [-0.2, 0) is 9.53 Å². The molecule has 0 aliphatic carbocycles. The van der Waals surface area contributed by atoms with Crippen molar-refractivity contribution in [1.82, 2.24) is 20.5 Å². The lowest BCUT2D eigenvalue weighted by molar-refractivity contribution is -0.119. The van der Waals surface area contributed by atoms with Crippen LogP contribution < -0.4 is 5.32 Å². The van der Waals surface area contributed by atoms with Crippen LogP contribution in [0.15, 0.2) is 40.1 Å². The number of thioether (sulfide) groups is 1. The zero-order valence-corrected chi connectivity index (χ0v) is 14.3.